The third kappa shape index (κ3) is 3.72. The lowest BCUT2D eigenvalue weighted by atomic mass is 10.1. The molecule has 0 aliphatic carbocycles. The van der Waals surface area contributed by atoms with Gasteiger partial charge >= 0.3 is 0 Å². The van der Waals surface area contributed by atoms with Crippen LogP contribution in [0.15, 0.2) is 17.0 Å². The maximum atomic E-state index is 12.1. The number of hydrogen-bond acceptors (Lipinski definition) is 5. The molecular weight excluding hydrogens is 270 g/mol. The Morgan fingerprint density at radius 2 is 2.00 bits per heavy atom. The molecule has 0 saturated carbocycles. The summed E-state index contributed by atoms with van der Waals surface area (Å²) in [7, 11) is -3.80. The number of rotatable bonds is 5. The second kappa shape index (κ2) is 5.64. The maximum Gasteiger partial charge on any atom is 0.271 e. The first-order valence-corrected chi connectivity index (χ1v) is 7.14. The molecule has 0 aliphatic heterocycles. The zero-order valence-electron chi connectivity index (χ0n) is 11.0. The molecule has 1 atom stereocenters. The summed E-state index contributed by atoms with van der Waals surface area (Å²) < 4.78 is 26.5. The molecule has 0 aliphatic rings. The van der Waals surface area contributed by atoms with Crippen molar-refractivity contribution in [2.75, 3.05) is 6.54 Å². The predicted molar refractivity (Wildman–Crippen MR) is 71.4 cm³/mol. The molecule has 3 N–H and O–H groups in total. The molecule has 1 rings (SSSR count). The molecule has 7 nitrogen and oxygen atoms in total. The summed E-state index contributed by atoms with van der Waals surface area (Å²) in [5, 5.41) is 10.8. The van der Waals surface area contributed by atoms with Crippen LogP contribution in [0.2, 0.25) is 0 Å². The standard InChI is InChI=1S/C11H17N3O4S/c1-7-4-10(14(15)16)5-11(9(7)3)19(17,18)13-6-8(2)12/h4-5,8,13H,6,12H2,1-3H3. The largest absolute Gasteiger partial charge is 0.327 e. The molecule has 0 bridgehead atoms. The van der Waals surface area contributed by atoms with E-state index in [1.54, 1.807) is 20.8 Å². The van der Waals surface area contributed by atoms with Crippen LogP contribution in [-0.2, 0) is 10.0 Å². The third-order valence-corrected chi connectivity index (χ3v) is 4.25. The van der Waals surface area contributed by atoms with Gasteiger partial charge in [-0.3, -0.25) is 10.1 Å². The van der Waals surface area contributed by atoms with Crippen molar-refractivity contribution in [3.63, 3.8) is 0 Å². The average molecular weight is 287 g/mol. The van der Waals surface area contributed by atoms with Crippen LogP contribution in [0.4, 0.5) is 5.69 Å². The Bertz CT molecular complexity index is 596. The highest BCUT2D eigenvalue weighted by atomic mass is 32.2. The Hall–Kier alpha value is -1.51. The zero-order valence-corrected chi connectivity index (χ0v) is 11.8. The second-order valence-corrected chi connectivity index (χ2v) is 6.21. The third-order valence-electron chi connectivity index (χ3n) is 2.70. The molecule has 106 valence electrons. The minimum atomic E-state index is -3.80. The fourth-order valence-electron chi connectivity index (χ4n) is 1.51. The second-order valence-electron chi connectivity index (χ2n) is 4.47. The van der Waals surface area contributed by atoms with Crippen LogP contribution in [-0.4, -0.2) is 25.9 Å². The molecule has 0 spiro atoms. The SMILES string of the molecule is Cc1cc([N+](=O)[O-])cc(S(=O)(=O)NCC(C)N)c1C. The van der Waals surface area contributed by atoms with Crippen molar-refractivity contribution < 1.29 is 13.3 Å². The van der Waals surface area contributed by atoms with E-state index in [0.717, 1.165) is 6.07 Å². The van der Waals surface area contributed by atoms with Crippen molar-refractivity contribution in [1.82, 2.24) is 4.72 Å². The number of non-ortho nitro benzene ring substituents is 1. The number of hydrogen-bond donors (Lipinski definition) is 2. The maximum absolute atomic E-state index is 12.1. The Morgan fingerprint density at radius 3 is 2.47 bits per heavy atom. The van der Waals surface area contributed by atoms with Gasteiger partial charge in [-0.1, -0.05) is 0 Å². The van der Waals surface area contributed by atoms with Gasteiger partial charge in [-0.15, -0.1) is 0 Å². The average Bonchev–Trinajstić information content (AvgIpc) is 2.29. The number of aryl methyl sites for hydroxylation is 1. The number of nitrogens with one attached hydrogen (secondary N) is 1. The highest BCUT2D eigenvalue weighted by Crippen LogP contribution is 2.25. The molecule has 0 aromatic heterocycles. The first-order chi connectivity index (χ1) is 8.65. The molecule has 0 fully saturated rings. The minimum Gasteiger partial charge on any atom is -0.327 e. The number of nitrogens with zero attached hydrogens (tertiary/aromatic N) is 1. The molecule has 8 heteroatoms. The predicted octanol–water partition coefficient (Wildman–Crippen LogP) is 0.837. The van der Waals surface area contributed by atoms with Gasteiger partial charge in [0.2, 0.25) is 10.0 Å². The van der Waals surface area contributed by atoms with E-state index in [0.29, 0.717) is 11.1 Å². The quantitative estimate of drug-likeness (QED) is 0.615. The normalized spacial score (nSPS) is 13.3. The number of nitro benzene ring substituents is 1. The number of benzene rings is 1. The fourth-order valence-corrected chi connectivity index (χ4v) is 2.99. The lowest BCUT2D eigenvalue weighted by Crippen LogP contribution is -2.35. The lowest BCUT2D eigenvalue weighted by Gasteiger charge is -2.12. The van der Waals surface area contributed by atoms with Crippen LogP contribution in [0.3, 0.4) is 0 Å². The fraction of sp³-hybridized carbons (Fsp3) is 0.455. The smallest absolute Gasteiger partial charge is 0.271 e. The van der Waals surface area contributed by atoms with E-state index in [-0.39, 0.29) is 23.2 Å². The molecule has 1 unspecified atom stereocenters. The molecule has 0 amide bonds. The monoisotopic (exact) mass is 287 g/mol. The molecule has 0 radical (unpaired) electrons. The van der Waals surface area contributed by atoms with Crippen molar-refractivity contribution in [3.05, 3.63) is 33.4 Å². The van der Waals surface area contributed by atoms with Gasteiger partial charge in [0.05, 0.1) is 9.82 Å². The van der Waals surface area contributed by atoms with E-state index in [1.165, 1.54) is 6.07 Å². The summed E-state index contributed by atoms with van der Waals surface area (Å²) in [5.41, 5.74) is 6.28. The summed E-state index contributed by atoms with van der Waals surface area (Å²) in [4.78, 5) is 10.1. The Kier molecular flexibility index (Phi) is 4.61. The Labute approximate surface area is 112 Å². The van der Waals surface area contributed by atoms with Crippen LogP contribution in [0.5, 0.6) is 0 Å². The summed E-state index contributed by atoms with van der Waals surface area (Å²) in [6.07, 6.45) is 0. The first kappa shape index (κ1) is 15.5. The summed E-state index contributed by atoms with van der Waals surface area (Å²) in [6, 6.07) is 2.07. The molecule has 0 saturated heterocycles. The van der Waals surface area contributed by atoms with Crippen molar-refractivity contribution in [2.24, 2.45) is 5.73 Å². The number of nitrogens with two attached hydrogens (primary N) is 1. The van der Waals surface area contributed by atoms with Gasteiger partial charge in [0.25, 0.3) is 5.69 Å². The lowest BCUT2D eigenvalue weighted by molar-refractivity contribution is -0.385. The van der Waals surface area contributed by atoms with E-state index >= 15 is 0 Å². The molecule has 0 heterocycles. The van der Waals surface area contributed by atoms with Gasteiger partial charge in [0, 0.05) is 24.7 Å². The van der Waals surface area contributed by atoms with Crippen molar-refractivity contribution >= 4 is 15.7 Å². The van der Waals surface area contributed by atoms with Crippen molar-refractivity contribution in [1.29, 1.82) is 0 Å². The van der Waals surface area contributed by atoms with E-state index in [1.807, 2.05) is 0 Å². The molecule has 19 heavy (non-hydrogen) atoms. The number of nitro groups is 1. The van der Waals surface area contributed by atoms with Gasteiger partial charge in [-0.2, -0.15) is 0 Å². The van der Waals surface area contributed by atoms with E-state index in [9.17, 15) is 18.5 Å². The van der Waals surface area contributed by atoms with E-state index < -0.39 is 14.9 Å². The summed E-state index contributed by atoms with van der Waals surface area (Å²) >= 11 is 0. The van der Waals surface area contributed by atoms with Crippen LogP contribution >= 0.6 is 0 Å². The van der Waals surface area contributed by atoms with E-state index in [2.05, 4.69) is 4.72 Å². The van der Waals surface area contributed by atoms with E-state index in [4.69, 9.17) is 5.73 Å². The summed E-state index contributed by atoms with van der Waals surface area (Å²) in [6.45, 7) is 4.98. The van der Waals surface area contributed by atoms with Gasteiger partial charge < -0.3 is 5.73 Å². The number of sulfonamides is 1. The highest BCUT2D eigenvalue weighted by molar-refractivity contribution is 7.89. The topological polar surface area (TPSA) is 115 Å². The Morgan fingerprint density at radius 1 is 1.42 bits per heavy atom. The van der Waals surface area contributed by atoms with Gasteiger partial charge in [-0.05, 0) is 31.9 Å². The molecule has 1 aromatic rings. The highest BCUT2D eigenvalue weighted by Gasteiger charge is 2.22. The molecule has 1 aromatic carbocycles. The van der Waals surface area contributed by atoms with Crippen molar-refractivity contribution in [2.45, 2.75) is 31.7 Å². The van der Waals surface area contributed by atoms with Crippen LogP contribution in [0.25, 0.3) is 0 Å². The molecular formula is C11H17N3O4S. The van der Waals surface area contributed by atoms with Crippen molar-refractivity contribution in [3.8, 4) is 0 Å². The van der Waals surface area contributed by atoms with Gasteiger partial charge in [0.15, 0.2) is 0 Å². The van der Waals surface area contributed by atoms with Crippen LogP contribution in [0.1, 0.15) is 18.1 Å². The van der Waals surface area contributed by atoms with Gasteiger partial charge in [-0.25, -0.2) is 13.1 Å². The van der Waals surface area contributed by atoms with Gasteiger partial charge in [0.1, 0.15) is 0 Å². The van der Waals surface area contributed by atoms with Crippen LogP contribution in [0, 0.1) is 24.0 Å². The Balaban J connectivity index is 3.29. The minimum absolute atomic E-state index is 0.0729. The zero-order chi connectivity index (χ0) is 14.8. The van der Waals surface area contributed by atoms with Crippen LogP contribution < -0.4 is 10.5 Å². The summed E-state index contributed by atoms with van der Waals surface area (Å²) in [5.74, 6) is 0. The first-order valence-electron chi connectivity index (χ1n) is 5.66.